The summed E-state index contributed by atoms with van der Waals surface area (Å²) in [4.78, 5) is 15.8. The Balaban J connectivity index is 1.82. The van der Waals surface area contributed by atoms with Gasteiger partial charge in [-0.25, -0.2) is 9.18 Å². The first-order valence-corrected chi connectivity index (χ1v) is 11.9. The fourth-order valence-corrected chi connectivity index (χ4v) is 4.39. The third kappa shape index (κ3) is 6.40. The van der Waals surface area contributed by atoms with Gasteiger partial charge in [0.05, 0.1) is 17.7 Å². The summed E-state index contributed by atoms with van der Waals surface area (Å²) in [6.45, 7) is 1.23. The van der Waals surface area contributed by atoms with Crippen LogP contribution in [0.15, 0.2) is 54.7 Å². The number of benzene rings is 2. The Morgan fingerprint density at radius 2 is 1.62 bits per heavy atom. The smallest absolute Gasteiger partial charge is 0.434 e. The summed E-state index contributed by atoms with van der Waals surface area (Å²) in [7, 11) is 0. The molecule has 206 valence electrons. The van der Waals surface area contributed by atoms with Gasteiger partial charge in [-0.2, -0.15) is 26.3 Å². The molecule has 0 radical (unpaired) electrons. The highest BCUT2D eigenvalue weighted by molar-refractivity contribution is 5.97. The molecular formula is C28H22F7NO3. The summed E-state index contributed by atoms with van der Waals surface area (Å²) >= 11 is 0. The molecule has 39 heavy (non-hydrogen) atoms. The Hall–Kier alpha value is -3.89. The lowest BCUT2D eigenvalue weighted by Gasteiger charge is -2.18. The average Bonchev–Trinajstić information content (AvgIpc) is 3.37. The number of ether oxygens (including phenoxy) is 2. The van der Waals surface area contributed by atoms with Gasteiger partial charge in [-0.3, -0.25) is 4.98 Å². The van der Waals surface area contributed by atoms with Crippen LogP contribution >= 0.6 is 0 Å². The molecule has 11 heteroatoms. The van der Waals surface area contributed by atoms with Gasteiger partial charge >= 0.3 is 18.3 Å². The van der Waals surface area contributed by atoms with Gasteiger partial charge in [-0.05, 0) is 84.9 Å². The first kappa shape index (κ1) is 28.1. The maximum absolute atomic E-state index is 13.6. The Morgan fingerprint density at radius 1 is 0.923 bits per heavy atom. The standard InChI is InChI=1S/C28H22F7NO3/c1-2-38-26(37)23-12-17(14-36-25(23)28(33,34)35)20-4-3-5-21(20)22-13-18(27(30,31)32)8-11-24(22)39-15-16-6-9-19(29)10-7-16/h6-14H,2-5,15H2,1H3. The van der Waals surface area contributed by atoms with Crippen molar-refractivity contribution in [1.82, 2.24) is 4.98 Å². The Labute approximate surface area is 219 Å². The van der Waals surface area contributed by atoms with Crippen molar-refractivity contribution in [3.63, 3.8) is 0 Å². The molecular weight excluding hydrogens is 531 g/mol. The topological polar surface area (TPSA) is 48.4 Å². The van der Waals surface area contributed by atoms with Crippen molar-refractivity contribution < 1.29 is 45.0 Å². The fourth-order valence-electron chi connectivity index (χ4n) is 4.39. The predicted octanol–water partition coefficient (Wildman–Crippen LogP) is 8.11. The van der Waals surface area contributed by atoms with Crippen LogP contribution in [0.4, 0.5) is 30.7 Å². The highest BCUT2D eigenvalue weighted by Gasteiger charge is 2.38. The van der Waals surface area contributed by atoms with Crippen LogP contribution in [0.5, 0.6) is 5.75 Å². The summed E-state index contributed by atoms with van der Waals surface area (Å²) in [5.74, 6) is -1.55. The molecule has 4 rings (SSSR count). The van der Waals surface area contributed by atoms with Gasteiger partial charge in [-0.15, -0.1) is 0 Å². The maximum atomic E-state index is 13.6. The average molecular weight is 553 g/mol. The first-order chi connectivity index (χ1) is 18.4. The van der Waals surface area contributed by atoms with Crippen LogP contribution in [0.25, 0.3) is 11.1 Å². The zero-order valence-electron chi connectivity index (χ0n) is 20.5. The van der Waals surface area contributed by atoms with E-state index in [9.17, 15) is 35.5 Å². The number of carbonyl (C=O) groups is 1. The predicted molar refractivity (Wildman–Crippen MR) is 128 cm³/mol. The lowest BCUT2D eigenvalue weighted by Crippen LogP contribution is -2.17. The van der Waals surface area contributed by atoms with E-state index in [0.29, 0.717) is 36.0 Å². The van der Waals surface area contributed by atoms with E-state index < -0.39 is 41.0 Å². The molecule has 0 bridgehead atoms. The number of esters is 1. The van der Waals surface area contributed by atoms with Crippen molar-refractivity contribution in [3.8, 4) is 5.75 Å². The summed E-state index contributed by atoms with van der Waals surface area (Å²) in [6, 6.07) is 9.40. The van der Waals surface area contributed by atoms with Gasteiger partial charge in [0.1, 0.15) is 18.2 Å². The van der Waals surface area contributed by atoms with E-state index in [0.717, 1.165) is 24.4 Å². The minimum Gasteiger partial charge on any atom is -0.488 e. The molecule has 0 fully saturated rings. The number of pyridine rings is 1. The minimum absolute atomic E-state index is 0.0594. The van der Waals surface area contributed by atoms with E-state index in [1.807, 2.05) is 0 Å². The molecule has 0 saturated heterocycles. The van der Waals surface area contributed by atoms with E-state index >= 15 is 0 Å². The molecule has 1 heterocycles. The quantitative estimate of drug-likeness (QED) is 0.219. The zero-order valence-corrected chi connectivity index (χ0v) is 20.5. The molecule has 0 saturated carbocycles. The molecule has 0 aliphatic heterocycles. The Morgan fingerprint density at radius 3 is 2.26 bits per heavy atom. The summed E-state index contributed by atoms with van der Waals surface area (Å²) in [5, 5.41) is 0. The molecule has 3 aromatic rings. The molecule has 1 aliphatic carbocycles. The fraction of sp³-hybridized carbons (Fsp3) is 0.286. The normalized spacial score (nSPS) is 14.1. The molecule has 0 spiro atoms. The van der Waals surface area contributed by atoms with Gasteiger partial charge in [0.2, 0.25) is 0 Å². The summed E-state index contributed by atoms with van der Waals surface area (Å²) in [6.07, 6.45) is -7.46. The van der Waals surface area contributed by atoms with E-state index in [1.165, 1.54) is 37.3 Å². The van der Waals surface area contributed by atoms with Crippen molar-refractivity contribution in [2.45, 2.75) is 45.1 Å². The van der Waals surface area contributed by atoms with Crippen molar-refractivity contribution in [2.75, 3.05) is 6.61 Å². The lowest BCUT2D eigenvalue weighted by molar-refractivity contribution is -0.141. The second-order valence-corrected chi connectivity index (χ2v) is 8.77. The number of halogens is 7. The molecule has 2 aromatic carbocycles. The van der Waals surface area contributed by atoms with Crippen LogP contribution in [0.2, 0.25) is 0 Å². The second kappa shape index (κ2) is 11.1. The number of carbonyl (C=O) groups excluding carboxylic acids is 1. The molecule has 0 amide bonds. The van der Waals surface area contributed by atoms with Gasteiger partial charge in [0.25, 0.3) is 0 Å². The van der Waals surface area contributed by atoms with Crippen molar-refractivity contribution in [1.29, 1.82) is 0 Å². The van der Waals surface area contributed by atoms with Crippen LogP contribution in [-0.4, -0.2) is 17.6 Å². The van der Waals surface area contributed by atoms with Crippen LogP contribution in [0.3, 0.4) is 0 Å². The van der Waals surface area contributed by atoms with E-state index in [1.54, 1.807) is 0 Å². The molecule has 1 aliphatic rings. The van der Waals surface area contributed by atoms with Crippen LogP contribution in [0.1, 0.15) is 64.5 Å². The summed E-state index contributed by atoms with van der Waals surface area (Å²) < 4.78 is 105. The Bertz CT molecular complexity index is 1390. The van der Waals surface area contributed by atoms with Gasteiger partial charge in [0, 0.05) is 11.8 Å². The highest BCUT2D eigenvalue weighted by atomic mass is 19.4. The van der Waals surface area contributed by atoms with Gasteiger partial charge < -0.3 is 9.47 Å². The van der Waals surface area contributed by atoms with Gasteiger partial charge in [-0.1, -0.05) is 12.1 Å². The second-order valence-electron chi connectivity index (χ2n) is 8.77. The van der Waals surface area contributed by atoms with E-state index in [2.05, 4.69) is 4.98 Å². The third-order valence-electron chi connectivity index (χ3n) is 6.16. The van der Waals surface area contributed by atoms with Gasteiger partial charge in [0.15, 0.2) is 5.69 Å². The lowest BCUT2D eigenvalue weighted by atomic mass is 9.94. The number of rotatable bonds is 7. The molecule has 4 nitrogen and oxygen atoms in total. The maximum Gasteiger partial charge on any atom is 0.434 e. The number of alkyl halides is 6. The Kier molecular flexibility index (Phi) is 7.99. The van der Waals surface area contributed by atoms with E-state index in [-0.39, 0.29) is 30.1 Å². The third-order valence-corrected chi connectivity index (χ3v) is 6.16. The summed E-state index contributed by atoms with van der Waals surface area (Å²) in [5.41, 5.74) is -1.36. The minimum atomic E-state index is -4.92. The highest BCUT2D eigenvalue weighted by Crippen LogP contribution is 2.45. The number of allylic oxidation sites excluding steroid dienone is 2. The first-order valence-electron chi connectivity index (χ1n) is 11.9. The molecule has 0 atom stereocenters. The monoisotopic (exact) mass is 553 g/mol. The molecule has 1 aromatic heterocycles. The SMILES string of the molecule is CCOC(=O)c1cc(C2=C(c3cc(C(F)(F)F)ccc3OCc3ccc(F)cc3)CCC2)cnc1C(F)(F)F. The molecule has 0 N–H and O–H groups in total. The number of hydrogen-bond donors (Lipinski definition) is 0. The van der Waals surface area contributed by atoms with Crippen LogP contribution in [0, 0.1) is 5.82 Å². The number of nitrogens with zero attached hydrogens (tertiary/aromatic N) is 1. The van der Waals surface area contributed by atoms with Crippen molar-refractivity contribution in [2.24, 2.45) is 0 Å². The van der Waals surface area contributed by atoms with Crippen molar-refractivity contribution in [3.05, 3.63) is 94.1 Å². The number of aromatic nitrogens is 1. The number of hydrogen-bond acceptors (Lipinski definition) is 4. The van der Waals surface area contributed by atoms with E-state index in [4.69, 9.17) is 9.47 Å². The van der Waals surface area contributed by atoms with Crippen LogP contribution in [-0.2, 0) is 23.7 Å². The molecule has 0 unspecified atom stereocenters. The largest absolute Gasteiger partial charge is 0.488 e. The zero-order chi connectivity index (χ0) is 28.4. The van der Waals surface area contributed by atoms with Crippen molar-refractivity contribution >= 4 is 17.1 Å². The van der Waals surface area contributed by atoms with Crippen LogP contribution < -0.4 is 4.74 Å².